The van der Waals surface area contributed by atoms with Gasteiger partial charge in [-0.1, -0.05) is 16.8 Å². The lowest BCUT2D eigenvalue weighted by Crippen LogP contribution is -2.15. The Bertz CT molecular complexity index is 1020. The van der Waals surface area contributed by atoms with Gasteiger partial charge in [0.2, 0.25) is 0 Å². The number of pyridine rings is 1. The van der Waals surface area contributed by atoms with Crippen molar-refractivity contribution in [2.45, 2.75) is 25.2 Å². The molecule has 4 rings (SSSR count). The van der Waals surface area contributed by atoms with E-state index in [-0.39, 0.29) is 18.3 Å². The molecule has 2 aromatic heterocycles. The van der Waals surface area contributed by atoms with Crippen molar-refractivity contribution in [2.24, 2.45) is 0 Å². The fourth-order valence-corrected chi connectivity index (χ4v) is 3.13. The lowest BCUT2D eigenvalue weighted by atomic mass is 10.2. The largest absolute Gasteiger partial charge is 0.486 e. The fraction of sp³-hybridized carbons (Fsp3) is 0.316. The Morgan fingerprint density at radius 3 is 2.87 bits per heavy atom. The predicted molar refractivity (Wildman–Crippen MR) is 103 cm³/mol. The Morgan fingerprint density at radius 1 is 1.27 bits per heavy atom. The van der Waals surface area contributed by atoms with Crippen LogP contribution in [0, 0.1) is 0 Å². The summed E-state index contributed by atoms with van der Waals surface area (Å²) in [5.41, 5.74) is 0.543. The van der Waals surface area contributed by atoms with Crippen molar-refractivity contribution >= 4 is 17.3 Å². The molecule has 0 amide bonds. The van der Waals surface area contributed by atoms with Gasteiger partial charge in [0.25, 0.3) is 0 Å². The topological polar surface area (TPSA) is 74.1 Å². The maximum Gasteiger partial charge on any atom is 0.433 e. The number of benzene rings is 1. The molecule has 11 heteroatoms. The van der Waals surface area contributed by atoms with Gasteiger partial charge in [-0.3, -0.25) is 4.98 Å². The minimum absolute atomic E-state index is 0.0107. The number of hydrogen-bond donors (Lipinski definition) is 1. The molecule has 1 aromatic carbocycles. The third-order valence-electron chi connectivity index (χ3n) is 4.43. The zero-order chi connectivity index (χ0) is 21.1. The van der Waals surface area contributed by atoms with Gasteiger partial charge in [-0.2, -0.15) is 13.2 Å². The van der Waals surface area contributed by atoms with Crippen LogP contribution in [-0.4, -0.2) is 39.3 Å². The molecule has 7 nitrogen and oxygen atoms in total. The van der Waals surface area contributed by atoms with E-state index in [2.05, 4.69) is 20.6 Å². The quantitative estimate of drug-likeness (QED) is 0.623. The van der Waals surface area contributed by atoms with Crippen molar-refractivity contribution in [3.63, 3.8) is 0 Å². The molecule has 1 aliphatic rings. The summed E-state index contributed by atoms with van der Waals surface area (Å²) in [6.07, 6.45) is -0.926. The number of aromatic nitrogens is 4. The molecule has 1 aliphatic heterocycles. The first-order valence-corrected chi connectivity index (χ1v) is 9.49. The van der Waals surface area contributed by atoms with Gasteiger partial charge in [-0.15, -0.1) is 5.10 Å². The number of nitrogens with one attached hydrogen (secondary N) is 1. The molecule has 1 fully saturated rings. The molecule has 1 N–H and O–H groups in total. The molecule has 1 unspecified atom stereocenters. The zero-order valence-electron chi connectivity index (χ0n) is 15.6. The number of alkyl halides is 3. The summed E-state index contributed by atoms with van der Waals surface area (Å²) in [7, 11) is 0. The highest BCUT2D eigenvalue weighted by molar-refractivity contribution is 6.32. The van der Waals surface area contributed by atoms with E-state index in [0.717, 1.165) is 18.7 Å². The Kier molecular flexibility index (Phi) is 5.78. The number of nitrogens with zero attached hydrogens (tertiary/aromatic N) is 4. The Hall–Kier alpha value is -2.85. The molecule has 3 heterocycles. The van der Waals surface area contributed by atoms with Gasteiger partial charge in [-0.25, -0.2) is 4.68 Å². The molecule has 0 radical (unpaired) electrons. The SMILES string of the molecule is FC(F)(F)c1cc(NCc2cn(-c3ccc(OC4CCOC4)c(Cl)c3)nn2)ccn1. The number of ether oxygens (including phenoxy) is 2. The first kappa shape index (κ1) is 20.4. The molecule has 1 atom stereocenters. The van der Waals surface area contributed by atoms with E-state index in [1.165, 1.54) is 10.7 Å². The van der Waals surface area contributed by atoms with Crippen molar-refractivity contribution in [2.75, 3.05) is 18.5 Å². The maximum absolute atomic E-state index is 12.8. The average Bonchev–Trinajstić information content (AvgIpc) is 3.40. The van der Waals surface area contributed by atoms with E-state index in [1.807, 2.05) is 0 Å². The van der Waals surface area contributed by atoms with E-state index >= 15 is 0 Å². The molecule has 3 aromatic rings. The van der Waals surface area contributed by atoms with Crippen molar-refractivity contribution in [3.8, 4) is 11.4 Å². The number of halogens is 4. The van der Waals surface area contributed by atoms with E-state index in [9.17, 15) is 13.2 Å². The smallest absolute Gasteiger partial charge is 0.433 e. The van der Waals surface area contributed by atoms with Crippen LogP contribution < -0.4 is 10.1 Å². The van der Waals surface area contributed by atoms with Gasteiger partial charge in [0.15, 0.2) is 0 Å². The van der Waals surface area contributed by atoms with Crippen molar-refractivity contribution in [1.82, 2.24) is 20.0 Å². The van der Waals surface area contributed by atoms with E-state index < -0.39 is 11.9 Å². The summed E-state index contributed by atoms with van der Waals surface area (Å²) in [6, 6.07) is 7.65. The number of rotatable bonds is 6. The van der Waals surface area contributed by atoms with Crippen LogP contribution in [0.3, 0.4) is 0 Å². The molecule has 30 heavy (non-hydrogen) atoms. The van der Waals surface area contributed by atoms with Gasteiger partial charge in [0.05, 0.1) is 36.7 Å². The number of hydrogen-bond acceptors (Lipinski definition) is 6. The molecule has 0 bridgehead atoms. The van der Waals surface area contributed by atoms with Crippen LogP contribution in [0.25, 0.3) is 5.69 Å². The standard InChI is InChI=1S/C19H17ClF3N5O2/c20-16-8-14(1-2-17(16)30-15-4-6-29-11-15)28-10-13(26-27-28)9-25-12-3-5-24-18(7-12)19(21,22)23/h1-3,5,7-8,10,15H,4,6,9,11H2,(H,24,25). The van der Waals surface area contributed by atoms with Crippen molar-refractivity contribution < 1.29 is 22.6 Å². The van der Waals surface area contributed by atoms with Gasteiger partial charge < -0.3 is 14.8 Å². The van der Waals surface area contributed by atoms with Crippen LogP contribution in [0.5, 0.6) is 5.75 Å². The Morgan fingerprint density at radius 2 is 2.13 bits per heavy atom. The molecule has 0 spiro atoms. The van der Waals surface area contributed by atoms with Crippen molar-refractivity contribution in [3.05, 3.63) is 59.1 Å². The van der Waals surface area contributed by atoms with Crippen LogP contribution in [0.2, 0.25) is 5.02 Å². The second-order valence-corrected chi connectivity index (χ2v) is 7.06. The minimum atomic E-state index is -4.50. The number of anilines is 1. The van der Waals surface area contributed by atoms with E-state index in [4.69, 9.17) is 21.1 Å². The highest BCUT2D eigenvalue weighted by atomic mass is 35.5. The zero-order valence-corrected chi connectivity index (χ0v) is 16.3. The van der Waals surface area contributed by atoms with Gasteiger partial charge in [0.1, 0.15) is 23.2 Å². The van der Waals surface area contributed by atoms with Crippen LogP contribution in [0.4, 0.5) is 18.9 Å². The van der Waals surface area contributed by atoms with E-state index in [0.29, 0.717) is 35.4 Å². The summed E-state index contributed by atoms with van der Waals surface area (Å²) >= 11 is 6.32. The normalized spacial score (nSPS) is 16.6. The van der Waals surface area contributed by atoms with Crippen molar-refractivity contribution in [1.29, 1.82) is 0 Å². The maximum atomic E-state index is 12.8. The molecule has 0 aliphatic carbocycles. The lowest BCUT2D eigenvalue weighted by Gasteiger charge is -2.13. The predicted octanol–water partition coefficient (Wildman–Crippen LogP) is 4.11. The Balaban J connectivity index is 1.41. The van der Waals surface area contributed by atoms with Crippen LogP contribution in [0.15, 0.2) is 42.7 Å². The van der Waals surface area contributed by atoms with Crippen LogP contribution >= 0.6 is 11.6 Å². The second kappa shape index (κ2) is 8.49. The third-order valence-corrected chi connectivity index (χ3v) is 4.72. The summed E-state index contributed by atoms with van der Waals surface area (Å²) in [5, 5.41) is 11.4. The van der Waals surface area contributed by atoms with Crippen LogP contribution in [0.1, 0.15) is 17.8 Å². The van der Waals surface area contributed by atoms with E-state index in [1.54, 1.807) is 24.4 Å². The lowest BCUT2D eigenvalue weighted by molar-refractivity contribution is -0.141. The first-order valence-electron chi connectivity index (χ1n) is 9.11. The summed E-state index contributed by atoms with van der Waals surface area (Å²) < 4.78 is 50.9. The first-order chi connectivity index (χ1) is 14.4. The molecule has 1 saturated heterocycles. The molecular weight excluding hydrogens is 423 g/mol. The molecule has 158 valence electrons. The monoisotopic (exact) mass is 439 g/mol. The highest BCUT2D eigenvalue weighted by Gasteiger charge is 2.32. The van der Waals surface area contributed by atoms with Gasteiger partial charge in [0, 0.05) is 18.3 Å². The fourth-order valence-electron chi connectivity index (χ4n) is 2.91. The van der Waals surface area contributed by atoms with Gasteiger partial charge >= 0.3 is 6.18 Å². The summed E-state index contributed by atoms with van der Waals surface area (Å²) in [5.74, 6) is 0.566. The second-order valence-electron chi connectivity index (χ2n) is 6.65. The minimum Gasteiger partial charge on any atom is -0.486 e. The van der Waals surface area contributed by atoms with Crippen LogP contribution in [-0.2, 0) is 17.5 Å². The third kappa shape index (κ3) is 4.82. The molecular formula is C19H17ClF3N5O2. The van der Waals surface area contributed by atoms with Gasteiger partial charge in [-0.05, 0) is 30.3 Å². The highest BCUT2D eigenvalue weighted by Crippen LogP contribution is 2.30. The summed E-state index contributed by atoms with van der Waals surface area (Å²) in [4.78, 5) is 3.33. The summed E-state index contributed by atoms with van der Waals surface area (Å²) in [6.45, 7) is 1.41. The Labute approximate surface area is 174 Å². The average molecular weight is 440 g/mol. The molecule has 0 saturated carbocycles.